The Balaban J connectivity index is 0.801. The van der Waals surface area contributed by atoms with E-state index in [1.807, 2.05) is 30.0 Å². The summed E-state index contributed by atoms with van der Waals surface area (Å²) >= 11 is 1.90. The number of unbranched alkanes of at least 4 members (excludes halogenated alkanes) is 1. The van der Waals surface area contributed by atoms with Crippen LogP contribution >= 0.6 is 33.3 Å². The normalized spacial score (nSPS) is 18.0. The van der Waals surface area contributed by atoms with Crippen LogP contribution in [0.5, 0.6) is 11.5 Å². The predicted octanol–water partition coefficient (Wildman–Crippen LogP) is 5.99. The SMILES string of the molecule is COc1cc2cc3c(Nc4cccc(F)c4)[nH][nH]c-3c2cc1OCCCNC(=O)CCSSCCNC(=O)CCCCC1SCC2NC(=O)NC21. The number of rotatable bonds is 20. The molecule has 2 aromatic rings. The van der Waals surface area contributed by atoms with Gasteiger partial charge in [0.05, 0.1) is 31.5 Å². The summed E-state index contributed by atoms with van der Waals surface area (Å²) in [7, 11) is 4.89. The van der Waals surface area contributed by atoms with E-state index in [2.05, 4.69) is 36.8 Å². The van der Waals surface area contributed by atoms with E-state index in [4.69, 9.17) is 9.47 Å². The average Bonchev–Trinajstić information content (AvgIpc) is 3.87. The fraction of sp³-hybridized carbons (Fsp3) is 0.457. The molecule has 4 amide bonds. The lowest BCUT2D eigenvalue weighted by Crippen LogP contribution is -2.36. The fourth-order valence-corrected chi connectivity index (χ4v) is 9.75. The topological polar surface area (TPSA) is 161 Å². The van der Waals surface area contributed by atoms with Crippen LogP contribution in [-0.4, -0.2) is 89.4 Å². The zero-order valence-corrected chi connectivity index (χ0v) is 30.9. The third-order valence-corrected chi connectivity index (χ3v) is 12.8. The van der Waals surface area contributed by atoms with Crippen molar-refractivity contribution in [3.63, 3.8) is 0 Å². The number of carbonyl (C=O) groups excluding carboxylic acids is 3. The molecule has 0 spiro atoms. The van der Waals surface area contributed by atoms with Gasteiger partial charge in [0.1, 0.15) is 11.6 Å². The molecule has 51 heavy (non-hydrogen) atoms. The molecule has 3 unspecified atom stereocenters. The highest BCUT2D eigenvalue weighted by Gasteiger charge is 2.42. The van der Waals surface area contributed by atoms with Crippen molar-refractivity contribution >= 4 is 73.5 Å². The monoisotopic (exact) mass is 757 g/mol. The van der Waals surface area contributed by atoms with E-state index in [1.165, 1.54) is 12.1 Å². The first kappa shape index (κ1) is 36.9. The summed E-state index contributed by atoms with van der Waals surface area (Å²) in [5.41, 5.74) is 2.45. The Kier molecular flexibility index (Phi) is 13.1. The summed E-state index contributed by atoms with van der Waals surface area (Å²) in [6.45, 7) is 1.52. The van der Waals surface area contributed by atoms with Crippen LogP contribution in [-0.2, 0) is 9.59 Å². The molecule has 274 valence electrons. The van der Waals surface area contributed by atoms with Gasteiger partial charge in [-0.1, -0.05) is 34.1 Å². The molecule has 3 atom stereocenters. The van der Waals surface area contributed by atoms with E-state index < -0.39 is 0 Å². The van der Waals surface area contributed by atoms with Gasteiger partial charge in [0.25, 0.3) is 0 Å². The van der Waals surface area contributed by atoms with Crippen LogP contribution in [0.3, 0.4) is 0 Å². The Morgan fingerprint density at radius 1 is 0.961 bits per heavy atom. The largest absolute Gasteiger partial charge is 0.493 e. The summed E-state index contributed by atoms with van der Waals surface area (Å²) in [5.74, 6) is 4.13. The number of H-pyrrole nitrogens is 2. The molecule has 0 radical (unpaired) electrons. The minimum atomic E-state index is -0.314. The van der Waals surface area contributed by atoms with Gasteiger partial charge in [-0.3, -0.25) is 19.8 Å². The van der Waals surface area contributed by atoms with Crippen LogP contribution in [0.25, 0.3) is 22.0 Å². The van der Waals surface area contributed by atoms with Crippen molar-refractivity contribution in [1.29, 1.82) is 0 Å². The lowest BCUT2D eigenvalue weighted by Gasteiger charge is -2.16. The number of fused-ring (bicyclic) bond motifs is 4. The molecule has 4 aliphatic rings. The Labute approximate surface area is 308 Å². The van der Waals surface area contributed by atoms with Gasteiger partial charge in [0, 0.05) is 65.1 Å². The van der Waals surface area contributed by atoms with Gasteiger partial charge in [0.2, 0.25) is 11.8 Å². The van der Waals surface area contributed by atoms with Crippen LogP contribution in [0.1, 0.15) is 38.5 Å². The Morgan fingerprint density at radius 2 is 1.80 bits per heavy atom. The highest BCUT2D eigenvalue weighted by Crippen LogP contribution is 2.43. The van der Waals surface area contributed by atoms with Crippen molar-refractivity contribution in [2.45, 2.75) is 55.9 Å². The number of aromatic nitrogens is 2. The molecule has 16 heteroatoms. The second-order valence-corrected chi connectivity index (χ2v) is 16.4. The Bertz CT molecular complexity index is 1770. The van der Waals surface area contributed by atoms with Crippen LogP contribution in [0.4, 0.5) is 20.7 Å². The molecule has 2 saturated heterocycles. The van der Waals surface area contributed by atoms with Crippen molar-refractivity contribution in [1.82, 2.24) is 31.5 Å². The number of hydrogen-bond acceptors (Lipinski definition) is 9. The Hall–Kier alpha value is -3.89. The second kappa shape index (κ2) is 18.0. The van der Waals surface area contributed by atoms with E-state index >= 15 is 0 Å². The molecule has 6 rings (SSSR count). The van der Waals surface area contributed by atoms with E-state index in [0.29, 0.717) is 67.1 Å². The van der Waals surface area contributed by atoms with Gasteiger partial charge in [0.15, 0.2) is 11.5 Å². The first-order valence-corrected chi connectivity index (χ1v) is 20.7. The van der Waals surface area contributed by atoms with Gasteiger partial charge >= 0.3 is 6.03 Å². The minimum Gasteiger partial charge on any atom is -0.493 e. The number of amides is 4. The summed E-state index contributed by atoms with van der Waals surface area (Å²) < 4.78 is 25.3. The standard InChI is InChI=1S/C35H44FN7O5S3/c1-47-27-17-21-16-25-32(42-43-34(25)39-23-7-4-6-22(36)18-23)24(21)19-28(27)48-13-5-11-37-31(45)10-14-50-51-15-12-38-30(44)9-3-2-8-29-33-26(20-49-29)40-35(46)41-33/h4,6-7,16-19,26,29,33,39,42-43H,2-3,5,8-15,20H2,1H3,(H,37,45)(H,38,44)(H2,40,41,46). The molecule has 7 N–H and O–H groups in total. The number of hydrogen-bond donors (Lipinski definition) is 7. The van der Waals surface area contributed by atoms with Crippen molar-refractivity contribution in [3.8, 4) is 22.8 Å². The van der Waals surface area contributed by atoms with E-state index in [0.717, 1.165) is 58.6 Å². The number of carbonyl (C=O) groups is 3. The number of anilines is 2. The van der Waals surface area contributed by atoms with Crippen LogP contribution < -0.4 is 36.1 Å². The molecule has 1 aliphatic carbocycles. The molecule has 0 bridgehead atoms. The van der Waals surface area contributed by atoms with Gasteiger partial charge in [-0.15, -0.1) is 0 Å². The number of thioether (sulfide) groups is 1. The van der Waals surface area contributed by atoms with E-state index in [-0.39, 0.29) is 35.7 Å². The maximum absolute atomic E-state index is 13.7. The maximum atomic E-state index is 13.7. The molecule has 12 nitrogen and oxygen atoms in total. The molecule has 2 aromatic carbocycles. The van der Waals surface area contributed by atoms with Crippen molar-refractivity contribution in [2.75, 3.05) is 49.4 Å². The summed E-state index contributed by atoms with van der Waals surface area (Å²) in [4.78, 5) is 36.0. The van der Waals surface area contributed by atoms with Crippen LogP contribution in [0.2, 0.25) is 0 Å². The minimum absolute atomic E-state index is 0.00155. The summed E-state index contributed by atoms with van der Waals surface area (Å²) in [6, 6.07) is 12.6. The number of halogens is 1. The number of methoxy groups -OCH3 is 1. The van der Waals surface area contributed by atoms with E-state index in [9.17, 15) is 18.8 Å². The van der Waals surface area contributed by atoms with Crippen molar-refractivity contribution in [3.05, 3.63) is 48.3 Å². The number of benzene rings is 2. The molecular weight excluding hydrogens is 714 g/mol. The molecule has 0 saturated carbocycles. The quantitative estimate of drug-likeness (QED) is 0.0326. The van der Waals surface area contributed by atoms with Gasteiger partial charge in [-0.2, -0.15) is 11.8 Å². The fourth-order valence-electron chi connectivity index (χ4n) is 6.31. The van der Waals surface area contributed by atoms with Gasteiger partial charge in [-0.25, -0.2) is 9.18 Å². The highest BCUT2D eigenvalue weighted by molar-refractivity contribution is 8.76. The summed E-state index contributed by atoms with van der Waals surface area (Å²) in [5, 5.41) is 23.8. The first-order valence-electron chi connectivity index (χ1n) is 17.2. The average molecular weight is 758 g/mol. The van der Waals surface area contributed by atoms with Crippen molar-refractivity contribution < 1.29 is 28.2 Å². The highest BCUT2D eigenvalue weighted by atomic mass is 33.1. The van der Waals surface area contributed by atoms with Crippen molar-refractivity contribution in [2.24, 2.45) is 0 Å². The lowest BCUT2D eigenvalue weighted by molar-refractivity contribution is -0.121. The smallest absolute Gasteiger partial charge is 0.315 e. The molecule has 0 aromatic heterocycles. The van der Waals surface area contributed by atoms with Crippen LogP contribution in [0.15, 0.2) is 42.5 Å². The number of aromatic amines is 2. The predicted molar refractivity (Wildman–Crippen MR) is 205 cm³/mol. The molecule has 2 fully saturated rings. The van der Waals surface area contributed by atoms with Gasteiger partial charge in [-0.05, 0) is 61.0 Å². The Morgan fingerprint density at radius 3 is 2.67 bits per heavy atom. The second-order valence-electron chi connectivity index (χ2n) is 12.4. The molecule has 3 aliphatic heterocycles. The number of nitrogens with one attached hydrogen (secondary N) is 7. The number of ether oxygens (including phenoxy) is 2. The molecular formula is C35H44FN7O5S3. The van der Waals surface area contributed by atoms with Gasteiger partial charge < -0.3 is 36.1 Å². The van der Waals surface area contributed by atoms with Crippen LogP contribution in [0, 0.1) is 5.82 Å². The third-order valence-electron chi connectivity index (χ3n) is 8.83. The third kappa shape index (κ3) is 9.92. The summed E-state index contributed by atoms with van der Waals surface area (Å²) in [6.07, 6.45) is 4.41. The zero-order valence-electron chi connectivity index (χ0n) is 28.4. The number of urea groups is 1. The zero-order chi connectivity index (χ0) is 35.6. The molecule has 3 heterocycles. The van der Waals surface area contributed by atoms with E-state index in [1.54, 1.807) is 40.8 Å². The maximum Gasteiger partial charge on any atom is 0.315 e. The first-order chi connectivity index (χ1) is 24.9. The lowest BCUT2D eigenvalue weighted by atomic mass is 10.0.